The van der Waals surface area contributed by atoms with Crippen molar-refractivity contribution in [3.05, 3.63) is 23.9 Å². The van der Waals surface area contributed by atoms with Gasteiger partial charge in [0.15, 0.2) is 0 Å². The van der Waals surface area contributed by atoms with Crippen LogP contribution in [0.3, 0.4) is 0 Å². The quantitative estimate of drug-likeness (QED) is 0.737. The predicted molar refractivity (Wildman–Crippen MR) is 82.2 cm³/mol. The summed E-state index contributed by atoms with van der Waals surface area (Å²) in [6.07, 6.45) is 4.44. The first-order chi connectivity index (χ1) is 10.1. The summed E-state index contributed by atoms with van der Waals surface area (Å²) in [6, 6.07) is 3.78. The molecular formula is C15H24N4O2. The van der Waals surface area contributed by atoms with Crippen molar-refractivity contribution in [2.75, 3.05) is 24.5 Å². The molecule has 2 amide bonds. The van der Waals surface area contributed by atoms with E-state index in [2.05, 4.69) is 20.5 Å². The van der Waals surface area contributed by atoms with Crippen molar-refractivity contribution in [2.24, 2.45) is 0 Å². The number of aromatic nitrogens is 1. The van der Waals surface area contributed by atoms with Gasteiger partial charge in [0, 0.05) is 32.4 Å². The van der Waals surface area contributed by atoms with Gasteiger partial charge in [-0.1, -0.05) is 6.07 Å². The molecule has 0 radical (unpaired) electrons. The molecule has 0 aromatic carbocycles. The third-order valence-electron chi connectivity index (χ3n) is 3.54. The largest absolute Gasteiger partial charge is 0.393 e. The Morgan fingerprint density at radius 2 is 2.14 bits per heavy atom. The second kappa shape index (κ2) is 7.83. The topological polar surface area (TPSA) is 77.5 Å². The fraction of sp³-hybridized carbons (Fsp3) is 0.600. The average molecular weight is 292 g/mol. The molecule has 3 N–H and O–H groups in total. The first-order valence-corrected chi connectivity index (χ1v) is 7.55. The van der Waals surface area contributed by atoms with Crippen molar-refractivity contribution in [3.63, 3.8) is 0 Å². The van der Waals surface area contributed by atoms with Gasteiger partial charge in [-0.3, -0.25) is 0 Å². The second-order valence-electron chi connectivity index (χ2n) is 5.47. The van der Waals surface area contributed by atoms with Crippen molar-refractivity contribution in [1.29, 1.82) is 0 Å². The van der Waals surface area contributed by atoms with Crippen LogP contribution in [-0.2, 0) is 6.54 Å². The zero-order chi connectivity index (χ0) is 15.1. The number of urea groups is 1. The Morgan fingerprint density at radius 3 is 2.76 bits per heavy atom. The van der Waals surface area contributed by atoms with Gasteiger partial charge in [-0.2, -0.15) is 0 Å². The van der Waals surface area contributed by atoms with E-state index < -0.39 is 6.10 Å². The number of amides is 2. The summed E-state index contributed by atoms with van der Waals surface area (Å²) in [4.78, 5) is 18.3. The maximum absolute atomic E-state index is 11.5. The number of hydrogen-bond acceptors (Lipinski definition) is 4. The highest BCUT2D eigenvalue weighted by atomic mass is 16.3. The second-order valence-corrected chi connectivity index (χ2v) is 5.47. The van der Waals surface area contributed by atoms with E-state index in [1.165, 1.54) is 12.8 Å². The van der Waals surface area contributed by atoms with Crippen LogP contribution in [0.4, 0.5) is 10.6 Å². The summed E-state index contributed by atoms with van der Waals surface area (Å²) >= 11 is 0. The molecule has 2 heterocycles. The first-order valence-electron chi connectivity index (χ1n) is 7.55. The Balaban J connectivity index is 1.71. The van der Waals surface area contributed by atoms with Crippen LogP contribution in [0.2, 0.25) is 0 Å². The highest BCUT2D eigenvalue weighted by Crippen LogP contribution is 2.17. The van der Waals surface area contributed by atoms with Gasteiger partial charge in [0.05, 0.1) is 6.10 Å². The Hall–Kier alpha value is -1.82. The first kappa shape index (κ1) is 15.6. The van der Waals surface area contributed by atoms with Gasteiger partial charge < -0.3 is 20.6 Å². The summed E-state index contributed by atoms with van der Waals surface area (Å²) in [5.74, 6) is 1.01. The Morgan fingerprint density at radius 1 is 1.38 bits per heavy atom. The summed E-state index contributed by atoms with van der Waals surface area (Å²) in [6.45, 7) is 4.78. The van der Waals surface area contributed by atoms with Gasteiger partial charge >= 0.3 is 6.03 Å². The molecule has 1 atom stereocenters. The molecule has 0 aliphatic carbocycles. The average Bonchev–Trinajstić information content (AvgIpc) is 2.99. The lowest BCUT2D eigenvalue weighted by atomic mass is 10.2. The van der Waals surface area contributed by atoms with Gasteiger partial charge in [0.25, 0.3) is 0 Å². The van der Waals surface area contributed by atoms with Crippen LogP contribution >= 0.6 is 0 Å². The number of hydrogen-bond donors (Lipinski definition) is 3. The van der Waals surface area contributed by atoms with E-state index in [0.717, 1.165) is 24.5 Å². The number of carbonyl (C=O) groups excluding carboxylic acids is 1. The van der Waals surface area contributed by atoms with Gasteiger partial charge in [-0.25, -0.2) is 9.78 Å². The summed E-state index contributed by atoms with van der Waals surface area (Å²) < 4.78 is 0. The molecule has 0 saturated carbocycles. The molecule has 1 fully saturated rings. The molecule has 0 bridgehead atoms. The van der Waals surface area contributed by atoms with Gasteiger partial charge in [0.1, 0.15) is 5.82 Å². The van der Waals surface area contributed by atoms with Crippen LogP contribution in [0.15, 0.2) is 18.3 Å². The highest BCUT2D eigenvalue weighted by Gasteiger charge is 2.12. The third kappa shape index (κ3) is 5.23. The van der Waals surface area contributed by atoms with E-state index in [1.807, 2.05) is 18.3 Å². The maximum atomic E-state index is 11.5. The fourth-order valence-electron chi connectivity index (χ4n) is 2.29. The SMILES string of the molecule is CC(O)CCNC(=O)NCc1ccc(N2CCCC2)nc1. The monoisotopic (exact) mass is 292 g/mol. The number of pyridine rings is 1. The van der Waals surface area contributed by atoms with E-state index in [1.54, 1.807) is 6.92 Å². The highest BCUT2D eigenvalue weighted by molar-refractivity contribution is 5.73. The molecule has 1 aliphatic rings. The molecular weight excluding hydrogens is 268 g/mol. The summed E-state index contributed by atoms with van der Waals surface area (Å²) in [7, 11) is 0. The van der Waals surface area contributed by atoms with E-state index >= 15 is 0 Å². The fourth-order valence-corrected chi connectivity index (χ4v) is 2.29. The van der Waals surface area contributed by atoms with Crippen LogP contribution in [0, 0.1) is 0 Å². The molecule has 2 rings (SSSR count). The van der Waals surface area contributed by atoms with E-state index in [-0.39, 0.29) is 6.03 Å². The molecule has 0 spiro atoms. The Kier molecular flexibility index (Phi) is 5.80. The van der Waals surface area contributed by atoms with E-state index in [4.69, 9.17) is 5.11 Å². The van der Waals surface area contributed by atoms with Gasteiger partial charge in [-0.05, 0) is 37.8 Å². The van der Waals surface area contributed by atoms with E-state index in [0.29, 0.717) is 19.5 Å². The number of carbonyl (C=O) groups is 1. The molecule has 1 aromatic heterocycles. The lowest BCUT2D eigenvalue weighted by molar-refractivity contribution is 0.183. The molecule has 21 heavy (non-hydrogen) atoms. The maximum Gasteiger partial charge on any atom is 0.315 e. The van der Waals surface area contributed by atoms with Gasteiger partial charge in [-0.15, -0.1) is 0 Å². The van der Waals surface area contributed by atoms with Gasteiger partial charge in [0.2, 0.25) is 0 Å². The number of nitrogens with one attached hydrogen (secondary N) is 2. The number of anilines is 1. The molecule has 1 aromatic rings. The predicted octanol–water partition coefficient (Wildman–Crippen LogP) is 1.25. The van der Waals surface area contributed by atoms with Crippen LogP contribution in [0.5, 0.6) is 0 Å². The lowest BCUT2D eigenvalue weighted by Gasteiger charge is -2.16. The summed E-state index contributed by atoms with van der Waals surface area (Å²) in [5.41, 5.74) is 0.976. The van der Waals surface area contributed by atoms with Crippen molar-refractivity contribution < 1.29 is 9.90 Å². The van der Waals surface area contributed by atoms with Crippen molar-refractivity contribution >= 4 is 11.8 Å². The third-order valence-corrected chi connectivity index (χ3v) is 3.54. The zero-order valence-corrected chi connectivity index (χ0v) is 12.5. The van der Waals surface area contributed by atoms with Crippen molar-refractivity contribution in [1.82, 2.24) is 15.6 Å². The Labute approximate surface area is 125 Å². The number of aliphatic hydroxyl groups excluding tert-OH is 1. The minimum atomic E-state index is -0.396. The number of rotatable bonds is 6. The molecule has 1 aliphatic heterocycles. The lowest BCUT2D eigenvalue weighted by Crippen LogP contribution is -2.36. The minimum Gasteiger partial charge on any atom is -0.393 e. The number of nitrogens with zero attached hydrogens (tertiary/aromatic N) is 2. The molecule has 1 saturated heterocycles. The summed E-state index contributed by atoms with van der Waals surface area (Å²) in [5, 5.41) is 14.6. The standard InChI is InChI=1S/C15H24N4O2/c1-12(20)6-7-16-15(21)18-11-13-4-5-14(17-10-13)19-8-2-3-9-19/h4-5,10,12,20H,2-3,6-9,11H2,1H3,(H2,16,18,21). The van der Waals surface area contributed by atoms with E-state index in [9.17, 15) is 4.79 Å². The zero-order valence-electron chi connectivity index (χ0n) is 12.5. The molecule has 116 valence electrons. The Bertz CT molecular complexity index is 441. The normalized spacial score (nSPS) is 15.8. The molecule has 6 nitrogen and oxygen atoms in total. The van der Waals surface area contributed by atoms with Crippen LogP contribution < -0.4 is 15.5 Å². The van der Waals surface area contributed by atoms with Crippen LogP contribution in [0.1, 0.15) is 31.7 Å². The van der Waals surface area contributed by atoms with Crippen molar-refractivity contribution in [2.45, 2.75) is 38.8 Å². The number of aliphatic hydroxyl groups is 1. The smallest absolute Gasteiger partial charge is 0.315 e. The molecule has 1 unspecified atom stereocenters. The molecule has 6 heteroatoms. The van der Waals surface area contributed by atoms with Crippen molar-refractivity contribution in [3.8, 4) is 0 Å². The van der Waals surface area contributed by atoms with Crippen LogP contribution in [0.25, 0.3) is 0 Å². The van der Waals surface area contributed by atoms with Crippen LogP contribution in [-0.4, -0.2) is 41.9 Å². The minimum absolute atomic E-state index is 0.223.